The molecule has 124 valence electrons. The molecule has 0 fully saturated rings. The van der Waals surface area contributed by atoms with Gasteiger partial charge in [-0.15, -0.1) is 11.8 Å². The Morgan fingerprint density at radius 2 is 2.00 bits per heavy atom. The number of amides is 2. The van der Waals surface area contributed by atoms with Crippen molar-refractivity contribution in [3.05, 3.63) is 41.7 Å². The van der Waals surface area contributed by atoms with Gasteiger partial charge >= 0.3 is 6.03 Å². The molecule has 0 saturated carbocycles. The second-order valence-electron chi connectivity index (χ2n) is 5.28. The van der Waals surface area contributed by atoms with E-state index >= 15 is 0 Å². The van der Waals surface area contributed by atoms with Crippen LogP contribution in [0.2, 0.25) is 0 Å². The standard InChI is InChI=1S/C17H24N4OS/c1-5-20(11-14-7-9-15(23-4)10-8-14)17(22)18-16-12-21(6-2)19-13(16)3/h7-10,12H,5-6,11H2,1-4H3,(H,18,22). The first kappa shape index (κ1) is 17.4. The molecule has 1 N–H and O–H groups in total. The number of rotatable bonds is 6. The summed E-state index contributed by atoms with van der Waals surface area (Å²) >= 11 is 1.71. The molecule has 0 aliphatic carbocycles. The predicted octanol–water partition coefficient (Wildman–Crippen LogP) is 3.99. The van der Waals surface area contributed by atoms with Crippen LogP contribution in [0.15, 0.2) is 35.4 Å². The Bertz CT molecular complexity index is 651. The average molecular weight is 332 g/mol. The minimum absolute atomic E-state index is 0.0970. The maximum atomic E-state index is 12.5. The first-order valence-corrected chi connectivity index (χ1v) is 9.02. The molecule has 2 rings (SSSR count). The Morgan fingerprint density at radius 3 is 2.52 bits per heavy atom. The summed E-state index contributed by atoms with van der Waals surface area (Å²) < 4.78 is 1.82. The first-order chi connectivity index (χ1) is 11.1. The van der Waals surface area contributed by atoms with Gasteiger partial charge in [0.15, 0.2) is 0 Å². The molecule has 0 aliphatic heterocycles. The number of thioether (sulfide) groups is 1. The zero-order chi connectivity index (χ0) is 16.8. The Hall–Kier alpha value is -1.95. The van der Waals surface area contributed by atoms with E-state index in [1.165, 1.54) is 4.90 Å². The number of aromatic nitrogens is 2. The summed E-state index contributed by atoms with van der Waals surface area (Å²) in [5, 5.41) is 7.31. The molecule has 0 saturated heterocycles. The van der Waals surface area contributed by atoms with Gasteiger partial charge in [-0.1, -0.05) is 12.1 Å². The van der Waals surface area contributed by atoms with Crippen molar-refractivity contribution in [2.45, 2.75) is 38.8 Å². The molecule has 1 aromatic carbocycles. The molecule has 23 heavy (non-hydrogen) atoms. The van der Waals surface area contributed by atoms with Gasteiger partial charge in [0.2, 0.25) is 0 Å². The van der Waals surface area contributed by atoms with Crippen molar-refractivity contribution >= 4 is 23.5 Å². The fourth-order valence-corrected chi connectivity index (χ4v) is 2.68. The SMILES string of the molecule is CCN(Cc1ccc(SC)cc1)C(=O)Nc1cn(CC)nc1C. The number of benzene rings is 1. The van der Waals surface area contributed by atoms with Crippen molar-refractivity contribution in [3.8, 4) is 0 Å². The van der Waals surface area contributed by atoms with Crippen molar-refractivity contribution in [1.29, 1.82) is 0 Å². The van der Waals surface area contributed by atoms with Crippen molar-refractivity contribution in [2.75, 3.05) is 18.1 Å². The highest BCUT2D eigenvalue weighted by molar-refractivity contribution is 7.98. The van der Waals surface area contributed by atoms with Crippen LogP contribution in [0.25, 0.3) is 0 Å². The smallest absolute Gasteiger partial charge is 0.320 e. The van der Waals surface area contributed by atoms with E-state index in [0.29, 0.717) is 13.1 Å². The highest BCUT2D eigenvalue weighted by Crippen LogP contribution is 2.17. The maximum absolute atomic E-state index is 12.5. The third kappa shape index (κ3) is 4.51. The number of aryl methyl sites for hydroxylation is 2. The number of nitrogens with zero attached hydrogens (tertiary/aromatic N) is 3. The third-order valence-corrected chi connectivity index (χ3v) is 4.46. The van der Waals surface area contributed by atoms with Crippen LogP contribution in [-0.2, 0) is 13.1 Å². The maximum Gasteiger partial charge on any atom is 0.322 e. The number of anilines is 1. The normalized spacial score (nSPS) is 10.6. The van der Waals surface area contributed by atoms with Crippen LogP contribution in [-0.4, -0.2) is 33.5 Å². The molecule has 1 aromatic heterocycles. The summed E-state index contributed by atoms with van der Waals surface area (Å²) in [6.07, 6.45) is 3.92. The van der Waals surface area contributed by atoms with E-state index in [9.17, 15) is 4.79 Å². The van der Waals surface area contributed by atoms with Crippen molar-refractivity contribution in [2.24, 2.45) is 0 Å². The van der Waals surface area contributed by atoms with Gasteiger partial charge in [0.1, 0.15) is 0 Å². The molecule has 2 amide bonds. The number of hydrogen-bond acceptors (Lipinski definition) is 3. The molecule has 0 radical (unpaired) electrons. The van der Waals surface area contributed by atoms with Gasteiger partial charge in [0.25, 0.3) is 0 Å². The van der Waals surface area contributed by atoms with E-state index in [4.69, 9.17) is 0 Å². The summed E-state index contributed by atoms with van der Waals surface area (Å²) in [5.74, 6) is 0. The summed E-state index contributed by atoms with van der Waals surface area (Å²) in [6, 6.07) is 8.22. The van der Waals surface area contributed by atoms with Gasteiger partial charge in [-0.3, -0.25) is 4.68 Å². The van der Waals surface area contributed by atoms with Crippen molar-refractivity contribution in [1.82, 2.24) is 14.7 Å². The molecule has 0 spiro atoms. The van der Waals surface area contributed by atoms with Gasteiger partial charge in [-0.05, 0) is 44.7 Å². The quantitative estimate of drug-likeness (QED) is 0.814. The molecule has 1 heterocycles. The highest BCUT2D eigenvalue weighted by atomic mass is 32.2. The van der Waals surface area contributed by atoms with Gasteiger partial charge in [-0.25, -0.2) is 4.79 Å². The Morgan fingerprint density at radius 1 is 1.30 bits per heavy atom. The van der Waals surface area contributed by atoms with E-state index in [2.05, 4.69) is 40.9 Å². The fraction of sp³-hybridized carbons (Fsp3) is 0.412. The van der Waals surface area contributed by atoms with E-state index in [-0.39, 0.29) is 6.03 Å². The highest BCUT2D eigenvalue weighted by Gasteiger charge is 2.15. The molecular weight excluding hydrogens is 308 g/mol. The molecule has 6 heteroatoms. The lowest BCUT2D eigenvalue weighted by Gasteiger charge is -2.21. The van der Waals surface area contributed by atoms with Crippen LogP contribution < -0.4 is 5.32 Å². The summed E-state index contributed by atoms with van der Waals surface area (Å²) in [5.41, 5.74) is 2.73. The van der Waals surface area contributed by atoms with E-state index in [1.807, 2.05) is 31.6 Å². The van der Waals surface area contributed by atoms with Crippen LogP contribution in [0.3, 0.4) is 0 Å². The average Bonchev–Trinajstić information content (AvgIpc) is 2.93. The molecule has 5 nitrogen and oxygen atoms in total. The first-order valence-electron chi connectivity index (χ1n) is 7.80. The van der Waals surface area contributed by atoms with Crippen LogP contribution in [0.1, 0.15) is 25.1 Å². The predicted molar refractivity (Wildman–Crippen MR) is 96.0 cm³/mol. The second kappa shape index (κ2) is 8.06. The fourth-order valence-electron chi connectivity index (χ4n) is 2.28. The number of hydrogen-bond donors (Lipinski definition) is 1. The minimum atomic E-state index is -0.0970. The largest absolute Gasteiger partial charge is 0.322 e. The number of carbonyl (C=O) groups excluding carboxylic acids is 1. The second-order valence-corrected chi connectivity index (χ2v) is 6.16. The lowest BCUT2D eigenvalue weighted by Crippen LogP contribution is -2.34. The molecule has 2 aromatic rings. The summed E-state index contributed by atoms with van der Waals surface area (Å²) in [6.45, 7) is 7.94. The molecular formula is C17H24N4OS. The molecule has 0 bridgehead atoms. The van der Waals surface area contributed by atoms with Gasteiger partial charge in [-0.2, -0.15) is 5.10 Å². The topological polar surface area (TPSA) is 50.2 Å². The molecule has 0 atom stereocenters. The van der Waals surface area contributed by atoms with Crippen molar-refractivity contribution in [3.63, 3.8) is 0 Å². The van der Waals surface area contributed by atoms with Gasteiger partial charge in [0, 0.05) is 30.7 Å². The van der Waals surface area contributed by atoms with Crippen molar-refractivity contribution < 1.29 is 4.79 Å². The minimum Gasteiger partial charge on any atom is -0.320 e. The summed E-state index contributed by atoms with van der Waals surface area (Å²) in [7, 11) is 0. The lowest BCUT2D eigenvalue weighted by molar-refractivity contribution is 0.212. The van der Waals surface area contributed by atoms with E-state index in [0.717, 1.165) is 23.5 Å². The van der Waals surface area contributed by atoms with Crippen LogP contribution >= 0.6 is 11.8 Å². The van der Waals surface area contributed by atoms with Crippen LogP contribution in [0, 0.1) is 6.92 Å². The Kier molecular flexibility index (Phi) is 6.10. The van der Waals surface area contributed by atoms with Crippen LogP contribution in [0.5, 0.6) is 0 Å². The lowest BCUT2D eigenvalue weighted by atomic mass is 10.2. The van der Waals surface area contributed by atoms with E-state index < -0.39 is 0 Å². The Balaban J connectivity index is 2.03. The molecule has 0 aliphatic rings. The summed E-state index contributed by atoms with van der Waals surface area (Å²) in [4.78, 5) is 15.5. The van der Waals surface area contributed by atoms with Gasteiger partial charge < -0.3 is 10.2 Å². The third-order valence-electron chi connectivity index (χ3n) is 3.71. The number of urea groups is 1. The molecule has 0 unspecified atom stereocenters. The zero-order valence-corrected chi connectivity index (χ0v) is 15.0. The number of nitrogens with one attached hydrogen (secondary N) is 1. The Labute approximate surface area is 142 Å². The zero-order valence-electron chi connectivity index (χ0n) is 14.2. The monoisotopic (exact) mass is 332 g/mol. The van der Waals surface area contributed by atoms with Crippen LogP contribution in [0.4, 0.5) is 10.5 Å². The van der Waals surface area contributed by atoms with Gasteiger partial charge in [0.05, 0.1) is 11.4 Å². The number of carbonyl (C=O) groups is 1. The van der Waals surface area contributed by atoms with E-state index in [1.54, 1.807) is 16.7 Å².